The summed E-state index contributed by atoms with van der Waals surface area (Å²) in [6, 6.07) is 13.2. The second-order valence-electron chi connectivity index (χ2n) is 9.01. The average molecular weight is 463 g/mol. The summed E-state index contributed by atoms with van der Waals surface area (Å²) in [7, 11) is 0. The summed E-state index contributed by atoms with van der Waals surface area (Å²) in [6.45, 7) is 8.30. The Morgan fingerprint density at radius 3 is 2.56 bits per heavy atom. The summed E-state index contributed by atoms with van der Waals surface area (Å²) in [4.78, 5) is 45.0. The third-order valence-electron chi connectivity index (χ3n) is 6.97. The van der Waals surface area contributed by atoms with Crippen LogP contribution in [0.4, 0.5) is 11.4 Å². The molecule has 1 fully saturated rings. The highest BCUT2D eigenvalue weighted by Crippen LogP contribution is 2.40. The van der Waals surface area contributed by atoms with Gasteiger partial charge in [0.1, 0.15) is 12.6 Å². The van der Waals surface area contributed by atoms with E-state index < -0.39 is 0 Å². The van der Waals surface area contributed by atoms with Crippen molar-refractivity contribution >= 4 is 29.1 Å². The molecule has 2 aromatic rings. The van der Waals surface area contributed by atoms with Crippen LogP contribution in [0, 0.1) is 6.92 Å². The van der Waals surface area contributed by atoms with Crippen LogP contribution in [0.15, 0.2) is 42.5 Å². The molecule has 7 heteroatoms. The molecule has 1 N–H and O–H groups in total. The molecule has 1 saturated heterocycles. The molecule has 2 aromatic carbocycles. The van der Waals surface area contributed by atoms with E-state index >= 15 is 0 Å². The molecule has 0 aliphatic carbocycles. The van der Waals surface area contributed by atoms with Gasteiger partial charge in [-0.2, -0.15) is 0 Å². The van der Waals surface area contributed by atoms with Gasteiger partial charge in [-0.25, -0.2) is 0 Å². The zero-order valence-electron chi connectivity index (χ0n) is 20.3. The maximum atomic E-state index is 13.5. The average Bonchev–Trinajstić information content (AvgIpc) is 2.86. The Kier molecular flexibility index (Phi) is 7.20. The monoisotopic (exact) mass is 462 g/mol. The summed E-state index contributed by atoms with van der Waals surface area (Å²) in [5.41, 5.74) is 4.27. The Hall–Kier alpha value is -3.35. The van der Waals surface area contributed by atoms with Gasteiger partial charge in [0.05, 0.1) is 11.4 Å². The zero-order chi connectivity index (χ0) is 24.2. The van der Waals surface area contributed by atoms with Crippen LogP contribution in [0.2, 0.25) is 0 Å². The SMILES string of the molecule is CCN(CC)C(=O)c1ccc2c(c1)N(CC(=O)NCc1ccccc1C)C(=O)[C@@H]1CCCCN21. The number of nitrogens with one attached hydrogen (secondary N) is 1. The first-order valence-electron chi connectivity index (χ1n) is 12.3. The molecule has 34 heavy (non-hydrogen) atoms. The van der Waals surface area contributed by atoms with Crippen molar-refractivity contribution < 1.29 is 14.4 Å². The van der Waals surface area contributed by atoms with Gasteiger partial charge in [0, 0.05) is 31.7 Å². The lowest BCUT2D eigenvalue weighted by molar-refractivity contribution is -0.125. The van der Waals surface area contributed by atoms with Gasteiger partial charge in [0.15, 0.2) is 0 Å². The molecule has 7 nitrogen and oxygen atoms in total. The number of piperidine rings is 1. The van der Waals surface area contributed by atoms with Crippen LogP contribution in [0.3, 0.4) is 0 Å². The molecule has 0 radical (unpaired) electrons. The lowest BCUT2D eigenvalue weighted by Gasteiger charge is -2.45. The molecule has 2 aliphatic heterocycles. The second-order valence-corrected chi connectivity index (χ2v) is 9.01. The number of amides is 3. The number of carbonyl (C=O) groups excluding carboxylic acids is 3. The molecule has 0 unspecified atom stereocenters. The Bertz CT molecular complexity index is 1080. The van der Waals surface area contributed by atoms with E-state index in [2.05, 4.69) is 10.2 Å². The first kappa shape index (κ1) is 23.8. The number of benzene rings is 2. The fourth-order valence-corrected chi connectivity index (χ4v) is 4.95. The highest BCUT2D eigenvalue weighted by atomic mass is 16.2. The molecule has 0 saturated carbocycles. The van der Waals surface area contributed by atoms with E-state index in [0.717, 1.165) is 42.6 Å². The molecular formula is C27H34N4O3. The van der Waals surface area contributed by atoms with Gasteiger partial charge in [-0.3, -0.25) is 19.3 Å². The number of aryl methyl sites for hydroxylation is 1. The van der Waals surface area contributed by atoms with E-state index in [1.54, 1.807) is 15.9 Å². The molecule has 0 aromatic heterocycles. The predicted molar refractivity (Wildman–Crippen MR) is 134 cm³/mol. The first-order valence-corrected chi connectivity index (χ1v) is 12.3. The fraction of sp³-hybridized carbons (Fsp3) is 0.444. The van der Waals surface area contributed by atoms with E-state index in [9.17, 15) is 14.4 Å². The van der Waals surface area contributed by atoms with Crippen LogP contribution < -0.4 is 15.1 Å². The predicted octanol–water partition coefficient (Wildman–Crippen LogP) is 3.50. The van der Waals surface area contributed by atoms with Crippen LogP contribution in [0.5, 0.6) is 0 Å². The number of carbonyl (C=O) groups is 3. The summed E-state index contributed by atoms with van der Waals surface area (Å²) < 4.78 is 0. The third-order valence-corrected chi connectivity index (χ3v) is 6.97. The lowest BCUT2D eigenvalue weighted by Crippen LogP contribution is -2.57. The number of rotatable bonds is 7. The second kappa shape index (κ2) is 10.3. The van der Waals surface area contributed by atoms with Crippen molar-refractivity contribution in [2.45, 2.75) is 52.6 Å². The van der Waals surface area contributed by atoms with Crippen molar-refractivity contribution in [2.75, 3.05) is 36.0 Å². The van der Waals surface area contributed by atoms with Gasteiger partial charge >= 0.3 is 0 Å². The zero-order valence-corrected chi connectivity index (χ0v) is 20.3. The Balaban J connectivity index is 1.61. The van der Waals surface area contributed by atoms with Gasteiger partial charge in [-0.15, -0.1) is 0 Å². The number of hydrogen-bond donors (Lipinski definition) is 1. The van der Waals surface area contributed by atoms with Crippen molar-refractivity contribution in [1.29, 1.82) is 0 Å². The fourth-order valence-electron chi connectivity index (χ4n) is 4.95. The topological polar surface area (TPSA) is 73.0 Å². The lowest BCUT2D eigenvalue weighted by atomic mass is 9.95. The Morgan fingerprint density at radius 1 is 1.06 bits per heavy atom. The highest BCUT2D eigenvalue weighted by Gasteiger charge is 2.40. The van der Waals surface area contributed by atoms with Gasteiger partial charge in [-0.05, 0) is 69.4 Å². The summed E-state index contributed by atoms with van der Waals surface area (Å²) in [6.07, 6.45) is 2.80. The van der Waals surface area contributed by atoms with Crippen molar-refractivity contribution in [3.63, 3.8) is 0 Å². The van der Waals surface area contributed by atoms with Crippen molar-refractivity contribution in [3.8, 4) is 0 Å². The van der Waals surface area contributed by atoms with E-state index in [-0.39, 0.29) is 30.3 Å². The minimum Gasteiger partial charge on any atom is -0.358 e. The normalized spacial score (nSPS) is 17.1. The number of anilines is 2. The molecule has 0 spiro atoms. The van der Waals surface area contributed by atoms with Gasteiger partial charge in [-0.1, -0.05) is 24.3 Å². The van der Waals surface area contributed by atoms with E-state index in [4.69, 9.17) is 0 Å². The molecule has 1 atom stereocenters. The molecule has 180 valence electrons. The van der Waals surface area contributed by atoms with Gasteiger partial charge in [0.2, 0.25) is 11.8 Å². The molecular weight excluding hydrogens is 428 g/mol. The largest absolute Gasteiger partial charge is 0.358 e. The maximum Gasteiger partial charge on any atom is 0.253 e. The van der Waals surface area contributed by atoms with Crippen molar-refractivity contribution in [1.82, 2.24) is 10.2 Å². The molecule has 2 heterocycles. The first-order chi connectivity index (χ1) is 16.4. The van der Waals surface area contributed by atoms with E-state index in [1.807, 2.05) is 57.2 Å². The van der Waals surface area contributed by atoms with Gasteiger partial charge in [0.25, 0.3) is 5.91 Å². The van der Waals surface area contributed by atoms with E-state index in [1.165, 1.54) is 0 Å². The van der Waals surface area contributed by atoms with Crippen LogP contribution in [-0.2, 0) is 16.1 Å². The molecule has 0 bridgehead atoms. The number of nitrogens with zero attached hydrogens (tertiary/aromatic N) is 3. The molecule has 4 rings (SSSR count). The van der Waals surface area contributed by atoms with Crippen LogP contribution in [0.25, 0.3) is 0 Å². The standard InChI is InChI=1S/C27H34N4O3/c1-4-29(5-2)26(33)20-13-14-22-24(16-20)31(27(34)23-12-8-9-15-30(22)23)18-25(32)28-17-21-11-7-6-10-19(21)3/h6-7,10-11,13-14,16,23H,4-5,8-9,12,15,17-18H2,1-3H3,(H,28,32)/t23-/m0/s1. The quantitative estimate of drug-likeness (QED) is 0.684. The van der Waals surface area contributed by atoms with Crippen LogP contribution >= 0.6 is 0 Å². The Morgan fingerprint density at radius 2 is 1.82 bits per heavy atom. The molecule has 2 aliphatic rings. The van der Waals surface area contributed by atoms with Crippen molar-refractivity contribution in [3.05, 3.63) is 59.2 Å². The Labute approximate surface area is 201 Å². The maximum absolute atomic E-state index is 13.5. The van der Waals surface area contributed by atoms with Crippen LogP contribution in [-0.4, -0.2) is 54.8 Å². The smallest absolute Gasteiger partial charge is 0.253 e. The van der Waals surface area contributed by atoms with Crippen LogP contribution in [0.1, 0.15) is 54.6 Å². The minimum atomic E-state index is -0.255. The van der Waals surface area contributed by atoms with Crippen molar-refractivity contribution in [2.24, 2.45) is 0 Å². The highest BCUT2D eigenvalue weighted by molar-refractivity contribution is 6.09. The van der Waals surface area contributed by atoms with E-state index in [0.29, 0.717) is 30.9 Å². The summed E-state index contributed by atoms with van der Waals surface area (Å²) in [5, 5.41) is 2.96. The molecule has 3 amide bonds. The summed E-state index contributed by atoms with van der Waals surface area (Å²) >= 11 is 0. The third kappa shape index (κ3) is 4.65. The number of hydrogen-bond acceptors (Lipinski definition) is 4. The minimum absolute atomic E-state index is 0.0642. The number of fused-ring (bicyclic) bond motifs is 3. The summed E-state index contributed by atoms with van der Waals surface area (Å²) in [5.74, 6) is -0.345. The van der Waals surface area contributed by atoms with Gasteiger partial charge < -0.3 is 15.1 Å².